The van der Waals surface area contributed by atoms with Crippen LogP contribution in [0.2, 0.25) is 5.02 Å². The van der Waals surface area contributed by atoms with Gasteiger partial charge in [0.2, 0.25) is 0 Å². The average molecular weight is 370 g/mol. The summed E-state index contributed by atoms with van der Waals surface area (Å²) in [6, 6.07) is 15.8. The fourth-order valence-corrected chi connectivity index (χ4v) is 2.41. The SMILES string of the molecule is C[C@@H](Oc1ccc(Cl)cc1)C(=O)N/N=C\c1cc2ccccc2[nH]c1=O. The predicted octanol–water partition coefficient (Wildman–Crippen LogP) is 3.10. The van der Waals surface area contributed by atoms with Crippen LogP contribution in [0.25, 0.3) is 10.9 Å². The van der Waals surface area contributed by atoms with E-state index in [1.54, 1.807) is 37.3 Å². The van der Waals surface area contributed by atoms with Crippen LogP contribution in [0.5, 0.6) is 5.75 Å². The summed E-state index contributed by atoms with van der Waals surface area (Å²) in [7, 11) is 0. The van der Waals surface area contributed by atoms with Crippen molar-refractivity contribution in [2.24, 2.45) is 5.10 Å². The van der Waals surface area contributed by atoms with Crippen molar-refractivity contribution in [2.45, 2.75) is 13.0 Å². The van der Waals surface area contributed by atoms with Crippen LogP contribution in [-0.4, -0.2) is 23.2 Å². The summed E-state index contributed by atoms with van der Waals surface area (Å²) < 4.78 is 5.50. The van der Waals surface area contributed by atoms with Gasteiger partial charge in [0, 0.05) is 10.5 Å². The summed E-state index contributed by atoms with van der Waals surface area (Å²) >= 11 is 5.80. The van der Waals surface area contributed by atoms with Crippen LogP contribution in [0.4, 0.5) is 0 Å². The topological polar surface area (TPSA) is 83.5 Å². The van der Waals surface area contributed by atoms with E-state index in [0.717, 1.165) is 10.9 Å². The van der Waals surface area contributed by atoms with Crippen LogP contribution in [0, 0.1) is 0 Å². The van der Waals surface area contributed by atoms with Gasteiger partial charge < -0.3 is 9.72 Å². The zero-order valence-corrected chi connectivity index (χ0v) is 14.7. The second kappa shape index (κ2) is 7.84. The number of H-pyrrole nitrogens is 1. The highest BCUT2D eigenvalue weighted by Gasteiger charge is 2.13. The maximum absolute atomic E-state index is 12.0. The van der Waals surface area contributed by atoms with Crippen molar-refractivity contribution in [1.29, 1.82) is 0 Å². The van der Waals surface area contributed by atoms with Gasteiger partial charge in [-0.1, -0.05) is 29.8 Å². The van der Waals surface area contributed by atoms with Gasteiger partial charge >= 0.3 is 0 Å². The molecule has 0 bridgehead atoms. The van der Waals surface area contributed by atoms with Crippen molar-refractivity contribution >= 4 is 34.6 Å². The number of para-hydroxylation sites is 1. The summed E-state index contributed by atoms with van der Waals surface area (Å²) in [5.41, 5.74) is 3.16. The number of carbonyl (C=O) groups excluding carboxylic acids is 1. The van der Waals surface area contributed by atoms with Crippen molar-refractivity contribution in [2.75, 3.05) is 0 Å². The van der Waals surface area contributed by atoms with Gasteiger partial charge in [-0.25, -0.2) is 5.43 Å². The van der Waals surface area contributed by atoms with Crippen molar-refractivity contribution in [1.82, 2.24) is 10.4 Å². The van der Waals surface area contributed by atoms with Gasteiger partial charge in [-0.05, 0) is 48.7 Å². The number of fused-ring (bicyclic) bond motifs is 1. The maximum atomic E-state index is 12.0. The number of hydrogen-bond donors (Lipinski definition) is 2. The molecule has 1 atom stereocenters. The number of halogens is 1. The van der Waals surface area contributed by atoms with Gasteiger partial charge in [-0.15, -0.1) is 0 Å². The number of nitrogens with one attached hydrogen (secondary N) is 2. The third kappa shape index (κ3) is 4.29. The number of hydrogen-bond acceptors (Lipinski definition) is 4. The first kappa shape index (κ1) is 17.7. The predicted molar refractivity (Wildman–Crippen MR) is 102 cm³/mol. The molecule has 1 aromatic heterocycles. The summed E-state index contributed by atoms with van der Waals surface area (Å²) in [5, 5.41) is 5.30. The Labute approximate surface area is 154 Å². The summed E-state index contributed by atoms with van der Waals surface area (Å²) in [5.74, 6) is 0.0837. The molecule has 0 spiro atoms. The van der Waals surface area contributed by atoms with Crippen LogP contribution in [-0.2, 0) is 4.79 Å². The molecule has 26 heavy (non-hydrogen) atoms. The monoisotopic (exact) mass is 369 g/mol. The molecule has 0 fully saturated rings. The lowest BCUT2D eigenvalue weighted by Gasteiger charge is -2.12. The zero-order valence-electron chi connectivity index (χ0n) is 13.9. The Bertz CT molecular complexity index is 1010. The highest BCUT2D eigenvalue weighted by Crippen LogP contribution is 2.16. The molecule has 1 heterocycles. The van der Waals surface area contributed by atoms with Gasteiger partial charge in [0.25, 0.3) is 11.5 Å². The lowest BCUT2D eigenvalue weighted by atomic mass is 10.2. The number of aromatic nitrogens is 1. The number of pyridine rings is 1. The van der Waals surface area contributed by atoms with Crippen LogP contribution < -0.4 is 15.7 Å². The summed E-state index contributed by atoms with van der Waals surface area (Å²) in [4.78, 5) is 26.8. The molecule has 2 aromatic carbocycles. The fraction of sp³-hybridized carbons (Fsp3) is 0.105. The summed E-state index contributed by atoms with van der Waals surface area (Å²) in [6.45, 7) is 1.60. The standard InChI is InChI=1S/C19H16ClN3O3/c1-12(26-16-8-6-15(20)7-9-16)18(24)23-21-11-14-10-13-4-2-3-5-17(13)22-19(14)25/h2-12H,1H3,(H,22,25)(H,23,24)/b21-11-/t12-/m1/s1. The number of amides is 1. The minimum atomic E-state index is -0.761. The molecule has 0 saturated carbocycles. The van der Waals surface area contributed by atoms with Gasteiger partial charge in [0.15, 0.2) is 6.10 Å². The fourth-order valence-electron chi connectivity index (χ4n) is 2.29. The first-order valence-electron chi connectivity index (χ1n) is 7.90. The highest BCUT2D eigenvalue weighted by molar-refractivity contribution is 6.30. The third-order valence-corrected chi connectivity index (χ3v) is 3.91. The number of carbonyl (C=O) groups is 1. The smallest absolute Gasteiger partial charge is 0.280 e. The van der Waals surface area contributed by atoms with E-state index < -0.39 is 12.0 Å². The lowest BCUT2D eigenvalue weighted by Crippen LogP contribution is -2.33. The lowest BCUT2D eigenvalue weighted by molar-refractivity contribution is -0.127. The summed E-state index contributed by atoms with van der Waals surface area (Å²) in [6.07, 6.45) is 0.543. The molecule has 0 saturated heterocycles. The Morgan fingerprint density at radius 3 is 2.73 bits per heavy atom. The van der Waals surface area contributed by atoms with E-state index in [0.29, 0.717) is 16.3 Å². The van der Waals surface area contributed by atoms with E-state index in [-0.39, 0.29) is 5.56 Å². The number of rotatable bonds is 5. The molecule has 2 N–H and O–H groups in total. The average Bonchev–Trinajstić information content (AvgIpc) is 2.63. The van der Waals surface area contributed by atoms with Crippen LogP contribution in [0.15, 0.2) is 64.5 Å². The van der Waals surface area contributed by atoms with Crippen molar-refractivity contribution < 1.29 is 9.53 Å². The van der Waals surface area contributed by atoms with Gasteiger partial charge in [0.1, 0.15) is 5.75 Å². The van der Waals surface area contributed by atoms with E-state index in [1.807, 2.05) is 24.3 Å². The van der Waals surface area contributed by atoms with Gasteiger partial charge in [-0.3, -0.25) is 9.59 Å². The Hall–Kier alpha value is -3.12. The second-order valence-electron chi connectivity index (χ2n) is 5.59. The van der Waals surface area contributed by atoms with Gasteiger partial charge in [-0.2, -0.15) is 5.10 Å². The van der Waals surface area contributed by atoms with E-state index in [9.17, 15) is 9.59 Å². The van der Waals surface area contributed by atoms with Crippen molar-refractivity contribution in [3.05, 3.63) is 75.5 Å². The number of aromatic amines is 1. The number of nitrogens with zero attached hydrogens (tertiary/aromatic N) is 1. The molecule has 0 radical (unpaired) electrons. The quantitative estimate of drug-likeness (QED) is 0.535. The Morgan fingerprint density at radius 1 is 1.23 bits per heavy atom. The molecule has 0 aliphatic rings. The minimum absolute atomic E-state index is 0.285. The third-order valence-electron chi connectivity index (χ3n) is 3.66. The van der Waals surface area contributed by atoms with E-state index >= 15 is 0 Å². The molecule has 7 heteroatoms. The molecular weight excluding hydrogens is 354 g/mol. The number of benzene rings is 2. The minimum Gasteiger partial charge on any atom is -0.481 e. The van der Waals surface area contributed by atoms with E-state index in [1.165, 1.54) is 6.21 Å². The number of ether oxygens (including phenoxy) is 1. The second-order valence-corrected chi connectivity index (χ2v) is 6.03. The Balaban J connectivity index is 1.64. The van der Waals surface area contributed by atoms with E-state index in [2.05, 4.69) is 15.5 Å². The highest BCUT2D eigenvalue weighted by atomic mass is 35.5. The van der Waals surface area contributed by atoms with Crippen LogP contribution >= 0.6 is 11.6 Å². The van der Waals surface area contributed by atoms with E-state index in [4.69, 9.17) is 16.3 Å². The molecule has 3 aromatic rings. The largest absolute Gasteiger partial charge is 0.481 e. The maximum Gasteiger partial charge on any atom is 0.280 e. The molecule has 0 aliphatic carbocycles. The molecule has 1 amide bonds. The molecule has 0 aliphatic heterocycles. The van der Waals surface area contributed by atoms with Crippen molar-refractivity contribution in [3.63, 3.8) is 0 Å². The normalized spacial score (nSPS) is 12.2. The molecule has 132 valence electrons. The Morgan fingerprint density at radius 2 is 1.96 bits per heavy atom. The molecule has 3 rings (SSSR count). The Kier molecular flexibility index (Phi) is 5.34. The molecule has 6 nitrogen and oxygen atoms in total. The first-order valence-corrected chi connectivity index (χ1v) is 8.28. The van der Waals surface area contributed by atoms with Crippen LogP contribution in [0.3, 0.4) is 0 Å². The van der Waals surface area contributed by atoms with Crippen LogP contribution in [0.1, 0.15) is 12.5 Å². The van der Waals surface area contributed by atoms with Crippen molar-refractivity contribution in [3.8, 4) is 5.75 Å². The molecular formula is C19H16ClN3O3. The van der Waals surface area contributed by atoms with Gasteiger partial charge in [0.05, 0.1) is 11.8 Å². The molecule has 0 unspecified atom stereocenters. The first-order chi connectivity index (χ1) is 12.5. The zero-order chi connectivity index (χ0) is 18.5. The number of hydrazone groups is 1.